The number of hydrogen-bond acceptors (Lipinski definition) is 3. The fraction of sp³-hybridized carbons (Fsp3) is 0.241. The van der Waals surface area contributed by atoms with Crippen molar-refractivity contribution in [3.8, 4) is 5.75 Å². The molecule has 0 aliphatic carbocycles. The number of nitrogens with zero attached hydrogens (tertiary/aromatic N) is 2. The maximum absolute atomic E-state index is 14.6. The normalized spacial score (nSPS) is 21.2. The predicted octanol–water partition coefficient (Wildman–Crippen LogP) is 5.20. The number of fused-ring (bicyclic) bond motifs is 5. The number of rotatable bonds is 4. The van der Waals surface area contributed by atoms with Gasteiger partial charge in [0.1, 0.15) is 18.1 Å². The highest BCUT2D eigenvalue weighted by molar-refractivity contribution is 6.31. The third-order valence-electron chi connectivity index (χ3n) is 7.75. The zero-order valence-corrected chi connectivity index (χ0v) is 21.2. The maximum Gasteiger partial charge on any atom is 0.255 e. The highest BCUT2D eigenvalue weighted by Crippen LogP contribution is 2.48. The Morgan fingerprint density at radius 3 is 2.57 bits per heavy atom. The average molecular weight is 518 g/mol. The SMILES string of the molecule is COc1ccc([C@@H]2CN3C(=O)CN(Cc4c(F)cccc4Cl)C(=O)[C@]3(C)c3[nH]c4ccccc4c32)cc1. The van der Waals surface area contributed by atoms with Crippen molar-refractivity contribution in [3.63, 3.8) is 0 Å². The summed E-state index contributed by atoms with van der Waals surface area (Å²) in [4.78, 5) is 34.3. The summed E-state index contributed by atoms with van der Waals surface area (Å²) in [5.41, 5.74) is 2.52. The Hall–Kier alpha value is -3.84. The summed E-state index contributed by atoms with van der Waals surface area (Å²) in [5, 5.41) is 1.23. The first-order valence-electron chi connectivity index (χ1n) is 12.1. The minimum atomic E-state index is -1.27. The number of halogens is 2. The van der Waals surface area contributed by atoms with Crippen LogP contribution in [0, 0.1) is 5.82 Å². The lowest BCUT2D eigenvalue weighted by Crippen LogP contribution is -2.67. The van der Waals surface area contributed by atoms with Crippen LogP contribution < -0.4 is 4.74 Å². The second-order valence-corrected chi connectivity index (χ2v) is 10.1. The summed E-state index contributed by atoms with van der Waals surface area (Å²) < 4.78 is 19.9. The number of ether oxygens (including phenoxy) is 1. The van der Waals surface area contributed by atoms with Crippen LogP contribution in [-0.2, 0) is 21.7 Å². The van der Waals surface area contributed by atoms with E-state index in [1.807, 2.05) is 48.5 Å². The molecule has 2 amide bonds. The van der Waals surface area contributed by atoms with Crippen molar-refractivity contribution >= 4 is 34.3 Å². The Bertz CT molecular complexity index is 1530. The van der Waals surface area contributed by atoms with Crippen LogP contribution in [0.1, 0.15) is 35.2 Å². The van der Waals surface area contributed by atoms with Crippen molar-refractivity contribution in [2.45, 2.75) is 24.9 Å². The van der Waals surface area contributed by atoms with Crippen LogP contribution in [0.2, 0.25) is 5.02 Å². The number of methoxy groups -OCH3 is 1. The number of aromatic amines is 1. The van der Waals surface area contributed by atoms with Crippen LogP contribution >= 0.6 is 11.6 Å². The fourth-order valence-electron chi connectivity index (χ4n) is 5.81. The number of H-pyrrole nitrogens is 1. The molecule has 2 atom stereocenters. The van der Waals surface area contributed by atoms with Gasteiger partial charge >= 0.3 is 0 Å². The minimum Gasteiger partial charge on any atom is -0.497 e. The molecular formula is C29H25ClFN3O3. The van der Waals surface area contributed by atoms with E-state index < -0.39 is 11.4 Å². The van der Waals surface area contributed by atoms with Gasteiger partial charge in [-0.1, -0.05) is 48.0 Å². The van der Waals surface area contributed by atoms with Gasteiger partial charge < -0.3 is 19.5 Å². The van der Waals surface area contributed by atoms with Gasteiger partial charge in [-0.2, -0.15) is 0 Å². The fourth-order valence-corrected chi connectivity index (χ4v) is 6.04. The van der Waals surface area contributed by atoms with Crippen molar-refractivity contribution in [1.29, 1.82) is 0 Å². The molecule has 0 radical (unpaired) electrons. The summed E-state index contributed by atoms with van der Waals surface area (Å²) in [7, 11) is 1.62. The Kier molecular flexibility index (Phi) is 5.49. The standard InChI is InChI=1S/C29H25ClFN3O3/c1-29-27-26(19-6-3-4-9-24(19)32-27)20(17-10-12-18(37-2)13-11-17)15-34(29)25(35)16-33(28(29)36)14-21-22(30)7-5-8-23(21)31/h3-13,20,32H,14-16H2,1-2H3/t20-,29-/m0/s1. The lowest BCUT2D eigenvalue weighted by molar-refractivity contribution is -0.167. The van der Waals surface area contributed by atoms with Gasteiger partial charge in [0.25, 0.3) is 5.91 Å². The number of hydrogen-bond donors (Lipinski definition) is 1. The Labute approximate surface area is 218 Å². The van der Waals surface area contributed by atoms with Crippen molar-refractivity contribution in [2.75, 3.05) is 20.2 Å². The summed E-state index contributed by atoms with van der Waals surface area (Å²) in [6.45, 7) is 1.89. The van der Waals surface area contributed by atoms with E-state index in [2.05, 4.69) is 4.98 Å². The zero-order valence-electron chi connectivity index (χ0n) is 20.4. The molecule has 1 N–H and O–H groups in total. The number of nitrogens with one attached hydrogen (secondary N) is 1. The minimum absolute atomic E-state index is 0.0863. The second-order valence-electron chi connectivity index (χ2n) is 9.72. The van der Waals surface area contributed by atoms with Crippen LogP contribution in [0.3, 0.4) is 0 Å². The molecular weight excluding hydrogens is 493 g/mol. The van der Waals surface area contributed by atoms with Crippen LogP contribution in [0.15, 0.2) is 66.7 Å². The summed E-state index contributed by atoms with van der Waals surface area (Å²) >= 11 is 6.26. The van der Waals surface area contributed by atoms with Crippen LogP contribution in [0.5, 0.6) is 5.75 Å². The van der Waals surface area contributed by atoms with Gasteiger partial charge in [-0.15, -0.1) is 0 Å². The molecule has 0 bridgehead atoms. The lowest BCUT2D eigenvalue weighted by atomic mass is 9.76. The predicted molar refractivity (Wildman–Crippen MR) is 139 cm³/mol. The molecule has 6 rings (SSSR count). The second kappa shape index (κ2) is 8.63. The molecule has 2 aliphatic rings. The molecule has 4 aromatic rings. The molecule has 1 aromatic heterocycles. The van der Waals surface area contributed by atoms with E-state index in [-0.39, 0.29) is 41.4 Å². The number of carbonyl (C=O) groups is 2. The highest BCUT2D eigenvalue weighted by Gasteiger charge is 2.56. The first-order chi connectivity index (χ1) is 17.8. The van der Waals surface area contributed by atoms with Crippen LogP contribution in [0.25, 0.3) is 10.9 Å². The van der Waals surface area contributed by atoms with Crippen molar-refractivity contribution < 1.29 is 18.7 Å². The topological polar surface area (TPSA) is 65.6 Å². The van der Waals surface area contributed by atoms with E-state index in [0.717, 1.165) is 27.8 Å². The number of amides is 2. The van der Waals surface area contributed by atoms with E-state index >= 15 is 0 Å². The molecule has 0 spiro atoms. The van der Waals surface area contributed by atoms with E-state index in [1.54, 1.807) is 25.0 Å². The molecule has 0 unspecified atom stereocenters. The molecule has 1 saturated heterocycles. The molecule has 0 saturated carbocycles. The summed E-state index contributed by atoms with van der Waals surface area (Å²) in [5.74, 6) is -0.371. The highest BCUT2D eigenvalue weighted by atomic mass is 35.5. The Morgan fingerprint density at radius 1 is 1.08 bits per heavy atom. The van der Waals surface area contributed by atoms with Crippen molar-refractivity contribution in [3.05, 3.63) is 100.0 Å². The quantitative estimate of drug-likeness (QED) is 0.404. The molecule has 37 heavy (non-hydrogen) atoms. The van der Waals surface area contributed by atoms with E-state index in [0.29, 0.717) is 12.2 Å². The molecule has 3 aromatic carbocycles. The first-order valence-corrected chi connectivity index (χ1v) is 12.5. The monoisotopic (exact) mass is 517 g/mol. The summed E-state index contributed by atoms with van der Waals surface area (Å²) in [6, 6.07) is 20.1. The number of carbonyl (C=O) groups excluding carboxylic acids is 2. The largest absolute Gasteiger partial charge is 0.497 e. The maximum atomic E-state index is 14.6. The third kappa shape index (κ3) is 3.52. The number of aromatic nitrogens is 1. The number of piperazine rings is 1. The van der Waals surface area contributed by atoms with E-state index in [9.17, 15) is 14.0 Å². The van der Waals surface area contributed by atoms with Crippen molar-refractivity contribution in [2.24, 2.45) is 0 Å². The lowest BCUT2D eigenvalue weighted by Gasteiger charge is -2.51. The smallest absolute Gasteiger partial charge is 0.255 e. The van der Waals surface area contributed by atoms with Gasteiger partial charge in [0.2, 0.25) is 5.91 Å². The van der Waals surface area contributed by atoms with Gasteiger partial charge in [-0.25, -0.2) is 4.39 Å². The van der Waals surface area contributed by atoms with Gasteiger partial charge in [0, 0.05) is 34.0 Å². The van der Waals surface area contributed by atoms with Gasteiger partial charge in [0.05, 0.1) is 19.3 Å². The summed E-state index contributed by atoms with van der Waals surface area (Å²) in [6.07, 6.45) is 0. The van der Waals surface area contributed by atoms with Gasteiger partial charge in [-0.3, -0.25) is 9.59 Å². The molecule has 1 fully saturated rings. The van der Waals surface area contributed by atoms with Gasteiger partial charge in [0.15, 0.2) is 5.54 Å². The zero-order chi connectivity index (χ0) is 25.9. The van der Waals surface area contributed by atoms with Crippen LogP contribution in [-0.4, -0.2) is 46.8 Å². The molecule has 188 valence electrons. The van der Waals surface area contributed by atoms with Crippen molar-refractivity contribution in [1.82, 2.24) is 14.8 Å². The third-order valence-corrected chi connectivity index (χ3v) is 8.10. The van der Waals surface area contributed by atoms with E-state index in [1.165, 1.54) is 17.0 Å². The molecule has 6 nitrogen and oxygen atoms in total. The Morgan fingerprint density at radius 2 is 1.84 bits per heavy atom. The molecule has 2 aliphatic heterocycles. The number of benzene rings is 3. The van der Waals surface area contributed by atoms with E-state index in [4.69, 9.17) is 16.3 Å². The Balaban J connectivity index is 1.49. The molecule has 8 heteroatoms. The first kappa shape index (κ1) is 23.6. The van der Waals surface area contributed by atoms with Crippen LogP contribution in [0.4, 0.5) is 4.39 Å². The van der Waals surface area contributed by atoms with Gasteiger partial charge in [-0.05, 0) is 48.4 Å². The average Bonchev–Trinajstić information content (AvgIpc) is 3.30. The molecule has 3 heterocycles. The number of para-hydroxylation sites is 1.